The Hall–Kier alpha value is -1.20. The molecule has 2 nitrogen and oxygen atoms in total. The van der Waals surface area contributed by atoms with E-state index in [1.165, 1.54) is 0 Å². The molecule has 4 atom stereocenters. The number of hydrogen-bond acceptors (Lipinski definition) is 2. The summed E-state index contributed by atoms with van der Waals surface area (Å²) < 4.78 is 227. The highest BCUT2D eigenvalue weighted by Crippen LogP contribution is 2.73. The van der Waals surface area contributed by atoms with Crippen LogP contribution in [0.3, 0.4) is 0 Å². The van der Waals surface area contributed by atoms with E-state index in [1.807, 2.05) is 0 Å². The van der Waals surface area contributed by atoms with Gasteiger partial charge in [0.15, 0.2) is 11.3 Å². The van der Waals surface area contributed by atoms with Crippen molar-refractivity contribution in [1.29, 1.82) is 0 Å². The number of alkyl halides is 16. The largest absolute Gasteiger partial charge is 0.362 e. The highest BCUT2D eigenvalue weighted by atomic mass is 19.3. The van der Waals surface area contributed by atoms with Gasteiger partial charge in [-0.3, -0.25) is 11.5 Å². The van der Waals surface area contributed by atoms with E-state index >= 15 is 8.78 Å². The molecule has 2 rings (SSSR count). The summed E-state index contributed by atoms with van der Waals surface area (Å²) in [5, 5.41) is 0. The second-order valence-electron chi connectivity index (χ2n) is 8.71. The van der Waals surface area contributed by atoms with Gasteiger partial charge in [-0.1, -0.05) is 13.8 Å². The smallest absolute Gasteiger partial charge is 0.288 e. The second-order valence-corrected chi connectivity index (χ2v) is 8.71. The van der Waals surface area contributed by atoms with Gasteiger partial charge in [-0.25, -0.2) is 17.6 Å². The lowest BCUT2D eigenvalue weighted by Gasteiger charge is -2.62. The minimum Gasteiger partial charge on any atom is -0.288 e. The third-order valence-corrected chi connectivity index (χ3v) is 6.65. The molecule has 0 saturated heterocycles. The summed E-state index contributed by atoms with van der Waals surface area (Å²) in [6, 6.07) is 0. The highest BCUT2D eigenvalue weighted by Gasteiger charge is 2.96. The topological polar surface area (TPSA) is 52.0 Å². The lowest BCUT2D eigenvalue weighted by atomic mass is 9.51. The monoisotopic (exact) mass is 526 g/mol. The molecule has 0 aliphatic heterocycles. The molecule has 2 aliphatic carbocycles. The summed E-state index contributed by atoms with van der Waals surface area (Å²) in [6.45, 7) is -1.28. The van der Waals surface area contributed by atoms with Crippen LogP contribution in [0.25, 0.3) is 0 Å². The van der Waals surface area contributed by atoms with Crippen molar-refractivity contribution in [1.82, 2.24) is 0 Å². The van der Waals surface area contributed by atoms with E-state index in [0.29, 0.717) is 0 Å². The van der Waals surface area contributed by atoms with Crippen molar-refractivity contribution in [2.75, 3.05) is 0 Å². The summed E-state index contributed by atoms with van der Waals surface area (Å²) in [7, 11) is 0. The van der Waals surface area contributed by atoms with E-state index < -0.39 is 90.6 Å². The normalized spacial score (nSPS) is 45.5. The molecule has 4 N–H and O–H groups in total. The maximum absolute atomic E-state index is 15.5. The summed E-state index contributed by atoms with van der Waals surface area (Å²) >= 11 is 0. The van der Waals surface area contributed by atoms with Crippen molar-refractivity contribution >= 4 is 0 Å². The first-order valence-corrected chi connectivity index (χ1v) is 8.52. The average molecular weight is 526 g/mol. The van der Waals surface area contributed by atoms with E-state index in [2.05, 4.69) is 11.5 Å². The maximum atomic E-state index is 15.5. The standard InChI is InChI=1S/C15H14F16N2/c1-5(2,6(16)3-8(18,19)12(26,27)14(30,32)10(6,22)23)7(17)4-9(20,21)13(28,29)15(31,33)11(7,24)25/h3-4,32-33H2,1-2H3. The quantitative estimate of drug-likeness (QED) is 0.380. The lowest BCUT2D eigenvalue weighted by molar-refractivity contribution is -0.438. The first-order valence-electron chi connectivity index (χ1n) is 8.52. The van der Waals surface area contributed by atoms with Gasteiger partial charge in [-0.2, -0.15) is 52.7 Å². The Labute approximate surface area is 173 Å². The minimum atomic E-state index is -6.77. The predicted molar refractivity (Wildman–Crippen MR) is 76.4 cm³/mol. The zero-order valence-corrected chi connectivity index (χ0v) is 16.1. The molecule has 0 aromatic carbocycles. The summed E-state index contributed by atoms with van der Waals surface area (Å²) in [5.74, 6) is -52.3. The summed E-state index contributed by atoms with van der Waals surface area (Å²) in [5.41, 5.74) is -9.21. The van der Waals surface area contributed by atoms with Crippen LogP contribution in [0.2, 0.25) is 0 Å². The Kier molecular flexibility index (Phi) is 5.21. The Morgan fingerprint density at radius 1 is 0.455 bits per heavy atom. The van der Waals surface area contributed by atoms with Crippen molar-refractivity contribution in [2.45, 2.75) is 85.1 Å². The maximum Gasteiger partial charge on any atom is 0.362 e. The first kappa shape index (κ1) is 28.0. The van der Waals surface area contributed by atoms with Gasteiger partial charge in [-0.15, -0.1) is 0 Å². The molecule has 18 heteroatoms. The zero-order valence-electron chi connectivity index (χ0n) is 16.1. The average Bonchev–Trinajstić information content (AvgIpc) is 2.57. The van der Waals surface area contributed by atoms with Gasteiger partial charge >= 0.3 is 35.5 Å². The van der Waals surface area contributed by atoms with Crippen LogP contribution in [0, 0.1) is 5.41 Å². The number of nitrogens with two attached hydrogens (primary N) is 2. The van der Waals surface area contributed by atoms with E-state index in [1.54, 1.807) is 0 Å². The fourth-order valence-electron chi connectivity index (χ4n) is 4.10. The van der Waals surface area contributed by atoms with Gasteiger partial charge < -0.3 is 0 Å². The number of hydrogen-bond donors (Lipinski definition) is 2. The van der Waals surface area contributed by atoms with Crippen molar-refractivity contribution in [3.05, 3.63) is 0 Å². The van der Waals surface area contributed by atoms with Crippen molar-refractivity contribution in [2.24, 2.45) is 16.9 Å². The zero-order chi connectivity index (χ0) is 26.9. The molecule has 0 bridgehead atoms. The van der Waals surface area contributed by atoms with E-state index in [4.69, 9.17) is 0 Å². The van der Waals surface area contributed by atoms with Gasteiger partial charge in [-0.05, 0) is 0 Å². The molecule has 0 spiro atoms. The van der Waals surface area contributed by atoms with Gasteiger partial charge in [0.05, 0.1) is 12.8 Å². The Balaban J connectivity index is 2.91. The Morgan fingerprint density at radius 3 is 0.879 bits per heavy atom. The van der Waals surface area contributed by atoms with Gasteiger partial charge in [0.25, 0.3) is 11.6 Å². The van der Waals surface area contributed by atoms with Crippen LogP contribution in [-0.2, 0) is 0 Å². The molecule has 2 aliphatic rings. The molecule has 2 fully saturated rings. The second kappa shape index (κ2) is 6.13. The van der Waals surface area contributed by atoms with Crippen molar-refractivity contribution < 1.29 is 70.2 Å². The van der Waals surface area contributed by atoms with Crippen LogP contribution in [-0.4, -0.2) is 58.5 Å². The van der Waals surface area contributed by atoms with Crippen molar-refractivity contribution in [3.63, 3.8) is 0 Å². The molecule has 196 valence electrons. The van der Waals surface area contributed by atoms with Crippen LogP contribution in [0.4, 0.5) is 70.2 Å². The van der Waals surface area contributed by atoms with Crippen LogP contribution < -0.4 is 11.5 Å². The third-order valence-electron chi connectivity index (χ3n) is 6.65. The minimum absolute atomic E-state index is 0.639. The van der Waals surface area contributed by atoms with Crippen molar-refractivity contribution in [3.8, 4) is 0 Å². The molecule has 0 radical (unpaired) electrons. The van der Waals surface area contributed by atoms with Gasteiger partial charge in [0.2, 0.25) is 0 Å². The van der Waals surface area contributed by atoms with Crippen LogP contribution in [0.5, 0.6) is 0 Å². The molecular weight excluding hydrogens is 512 g/mol. The van der Waals surface area contributed by atoms with Crippen LogP contribution >= 0.6 is 0 Å². The molecule has 33 heavy (non-hydrogen) atoms. The van der Waals surface area contributed by atoms with Crippen LogP contribution in [0.15, 0.2) is 0 Å². The SMILES string of the molecule is CC(C)(C1(F)CC(F)(F)C(F)(F)C(N)(F)C1(F)F)C1(F)CC(F)(F)C(F)(F)C(N)(F)C1(F)F. The van der Waals surface area contributed by atoms with E-state index in [-0.39, 0.29) is 0 Å². The molecule has 0 aromatic rings. The molecule has 2 saturated carbocycles. The lowest BCUT2D eigenvalue weighted by Crippen LogP contribution is -2.87. The Bertz CT molecular complexity index is 768. The molecular formula is C15H14F16N2. The van der Waals surface area contributed by atoms with E-state index in [9.17, 15) is 61.5 Å². The first-order chi connectivity index (χ1) is 13.9. The number of halogens is 16. The number of rotatable bonds is 2. The van der Waals surface area contributed by atoms with E-state index in [0.717, 1.165) is 0 Å². The van der Waals surface area contributed by atoms with Crippen LogP contribution in [0.1, 0.15) is 26.7 Å². The third kappa shape index (κ3) is 2.51. The molecule has 4 unspecified atom stereocenters. The fraction of sp³-hybridized carbons (Fsp3) is 1.00. The van der Waals surface area contributed by atoms with Gasteiger partial charge in [0.1, 0.15) is 0 Å². The predicted octanol–water partition coefficient (Wildman–Crippen LogP) is 5.30. The highest BCUT2D eigenvalue weighted by molar-refractivity contribution is 5.31. The summed E-state index contributed by atoms with van der Waals surface area (Å²) in [6.07, 6.45) is -7.44. The molecule has 0 amide bonds. The van der Waals surface area contributed by atoms with Gasteiger partial charge in [0, 0.05) is 5.41 Å². The fourth-order valence-corrected chi connectivity index (χ4v) is 4.10. The molecule has 0 heterocycles. The Morgan fingerprint density at radius 2 is 0.667 bits per heavy atom. The summed E-state index contributed by atoms with van der Waals surface area (Å²) in [4.78, 5) is 0. The molecule has 0 aromatic heterocycles.